The van der Waals surface area contributed by atoms with Crippen molar-refractivity contribution in [2.24, 2.45) is 17.8 Å². The number of benzene rings is 3. The summed E-state index contributed by atoms with van der Waals surface area (Å²) in [5.74, 6) is -6.27. The lowest BCUT2D eigenvalue weighted by molar-refractivity contribution is -0.145. The molecule has 248 valence electrons. The molecule has 48 heavy (non-hydrogen) atoms. The van der Waals surface area contributed by atoms with Crippen LogP contribution in [0, 0.1) is 23.6 Å². The molecule has 2 aliphatic heterocycles. The van der Waals surface area contributed by atoms with Gasteiger partial charge in [0.05, 0.1) is 17.5 Å². The summed E-state index contributed by atoms with van der Waals surface area (Å²) >= 11 is 14.8. The minimum atomic E-state index is -2.16. The highest BCUT2D eigenvalue weighted by Crippen LogP contribution is 2.66. The van der Waals surface area contributed by atoms with Crippen LogP contribution in [-0.4, -0.2) is 48.9 Å². The van der Waals surface area contributed by atoms with Crippen LogP contribution in [0.25, 0.3) is 0 Å². The quantitative estimate of drug-likeness (QED) is 0.187. The number of allylic oxidation sites excluding steroid dienone is 2. The third kappa shape index (κ3) is 4.61. The maximum absolute atomic E-state index is 14.5. The van der Waals surface area contributed by atoms with E-state index in [-0.39, 0.29) is 48.3 Å². The van der Waals surface area contributed by atoms with E-state index in [4.69, 9.17) is 27.9 Å². The molecule has 2 saturated heterocycles. The average Bonchev–Trinajstić information content (AvgIpc) is 3.39. The van der Waals surface area contributed by atoms with Gasteiger partial charge in [0.2, 0.25) is 11.8 Å². The highest BCUT2D eigenvalue weighted by Gasteiger charge is 2.77. The number of rotatable bonds is 5. The molecule has 3 fully saturated rings. The number of anilines is 1. The maximum Gasteiger partial charge on any atom is 0.258 e. The molecule has 11 heteroatoms. The monoisotopic (exact) mass is 690 g/mol. The first-order valence-corrected chi connectivity index (χ1v) is 16.5. The number of phenolic OH excluding ortho intramolecular Hbond substituents is 1. The number of halogens is 3. The van der Waals surface area contributed by atoms with Gasteiger partial charge in [-0.25, -0.2) is 9.29 Å². The number of phenols is 1. The van der Waals surface area contributed by atoms with Crippen LogP contribution in [0.5, 0.6) is 11.5 Å². The van der Waals surface area contributed by atoms with Gasteiger partial charge in [-0.2, -0.15) is 0 Å². The maximum atomic E-state index is 14.5. The van der Waals surface area contributed by atoms with Gasteiger partial charge < -0.3 is 9.84 Å². The lowest BCUT2D eigenvalue weighted by Gasteiger charge is -2.50. The normalized spacial score (nSPS) is 29.8. The molecule has 0 aromatic heterocycles. The van der Waals surface area contributed by atoms with E-state index in [0.717, 1.165) is 22.6 Å². The third-order valence-electron chi connectivity index (χ3n) is 10.1. The Labute approximate surface area is 287 Å². The van der Waals surface area contributed by atoms with Gasteiger partial charge in [-0.1, -0.05) is 48.0 Å². The zero-order valence-corrected chi connectivity index (χ0v) is 28.0. The van der Waals surface area contributed by atoms with Gasteiger partial charge in [0.1, 0.15) is 23.9 Å². The van der Waals surface area contributed by atoms with E-state index in [1.165, 1.54) is 23.1 Å². The minimum absolute atomic E-state index is 0.0781. The number of likely N-dealkylation sites (tertiary alicyclic amines) is 1. The first-order valence-electron chi connectivity index (χ1n) is 15.8. The van der Waals surface area contributed by atoms with Crippen LogP contribution < -0.4 is 9.64 Å². The number of ether oxygens (including phenoxy) is 1. The first kappa shape index (κ1) is 32.3. The molecule has 4 aliphatic rings. The summed E-state index contributed by atoms with van der Waals surface area (Å²) in [4.78, 5) is 54.5. The van der Waals surface area contributed by atoms with Gasteiger partial charge in [0, 0.05) is 23.1 Å². The molecule has 4 amide bonds. The van der Waals surface area contributed by atoms with E-state index in [9.17, 15) is 28.7 Å². The molecular formula is C37H33Cl2FN2O6. The standard InChI is InChI=1S/C37H33Cl2FN2O6/c1-35(2,3)42-31(44)26-16-15-24-27(29(26)32(42)45)18-36(38)33(46)41(22-11-9-21(40)10-12-22)34(47)37(36,39)30(24)25-14-13-23(17-28(25)43)48-19-20-7-5-4-6-8-20/h4-15,17,26-27,29-30,43H,16,18-19H2,1-3H3/t26-,27+,29-,30+,36+,37-/m0/s1. The van der Waals surface area contributed by atoms with Gasteiger partial charge in [-0.05, 0) is 75.4 Å². The van der Waals surface area contributed by atoms with Gasteiger partial charge in [-0.3, -0.25) is 24.1 Å². The van der Waals surface area contributed by atoms with Crippen LogP contribution >= 0.6 is 23.2 Å². The Hall–Kier alpha value is -4.21. The Balaban J connectivity index is 1.36. The molecule has 7 rings (SSSR count). The van der Waals surface area contributed by atoms with Gasteiger partial charge in [-0.15, -0.1) is 23.2 Å². The number of imide groups is 2. The van der Waals surface area contributed by atoms with E-state index < -0.39 is 56.6 Å². The van der Waals surface area contributed by atoms with Crippen molar-refractivity contribution in [3.63, 3.8) is 0 Å². The van der Waals surface area contributed by atoms with E-state index in [1.807, 2.05) is 36.4 Å². The molecule has 2 aliphatic carbocycles. The molecule has 0 bridgehead atoms. The van der Waals surface area contributed by atoms with Crippen LogP contribution in [0.15, 0.2) is 84.4 Å². The summed E-state index contributed by atoms with van der Waals surface area (Å²) in [6.07, 6.45) is 1.81. The number of carbonyl (C=O) groups excluding carboxylic acids is 4. The second kappa shape index (κ2) is 11.2. The van der Waals surface area contributed by atoms with Crippen molar-refractivity contribution in [3.8, 4) is 11.5 Å². The Kier molecular flexibility index (Phi) is 7.53. The summed E-state index contributed by atoms with van der Waals surface area (Å²) in [6.45, 7) is 5.59. The highest BCUT2D eigenvalue weighted by molar-refractivity contribution is 6.58. The number of fused-ring (bicyclic) bond motifs is 4. The number of hydrogen-bond donors (Lipinski definition) is 1. The average molecular weight is 692 g/mol. The molecule has 3 aromatic rings. The lowest BCUT2D eigenvalue weighted by atomic mass is 9.56. The molecule has 1 N–H and O–H groups in total. The number of amides is 4. The molecule has 0 spiro atoms. The summed E-state index contributed by atoms with van der Waals surface area (Å²) in [5, 5.41) is 11.6. The second-order valence-electron chi connectivity index (χ2n) is 13.9. The number of carbonyl (C=O) groups is 4. The largest absolute Gasteiger partial charge is 0.508 e. The van der Waals surface area contributed by atoms with Crippen LogP contribution in [0.3, 0.4) is 0 Å². The van der Waals surface area contributed by atoms with Crippen LogP contribution in [-0.2, 0) is 25.8 Å². The second-order valence-corrected chi connectivity index (χ2v) is 15.2. The number of alkyl halides is 2. The molecule has 3 aromatic carbocycles. The molecule has 8 nitrogen and oxygen atoms in total. The van der Waals surface area contributed by atoms with Gasteiger partial charge in [0.15, 0.2) is 9.75 Å². The Morgan fingerprint density at radius 1 is 0.917 bits per heavy atom. The van der Waals surface area contributed by atoms with Crippen molar-refractivity contribution < 1.29 is 33.4 Å². The third-order valence-corrected chi connectivity index (χ3v) is 11.5. The molecular weight excluding hydrogens is 658 g/mol. The zero-order valence-electron chi connectivity index (χ0n) is 26.5. The molecule has 2 heterocycles. The van der Waals surface area contributed by atoms with Crippen molar-refractivity contribution >= 4 is 52.5 Å². The number of nitrogens with zero attached hydrogens (tertiary/aromatic N) is 2. The topological polar surface area (TPSA) is 104 Å². The van der Waals surface area contributed by atoms with Crippen molar-refractivity contribution in [1.82, 2.24) is 4.90 Å². The van der Waals surface area contributed by atoms with Crippen LogP contribution in [0.4, 0.5) is 10.1 Å². The van der Waals surface area contributed by atoms with E-state index in [1.54, 1.807) is 32.9 Å². The van der Waals surface area contributed by atoms with Crippen molar-refractivity contribution in [3.05, 3.63) is 101 Å². The first-order chi connectivity index (χ1) is 22.7. The van der Waals surface area contributed by atoms with Crippen molar-refractivity contribution in [1.29, 1.82) is 0 Å². The predicted molar refractivity (Wildman–Crippen MR) is 177 cm³/mol. The Bertz CT molecular complexity index is 1890. The lowest BCUT2D eigenvalue weighted by Crippen LogP contribution is -2.60. The fraction of sp³-hybridized carbons (Fsp3) is 0.351. The van der Waals surface area contributed by atoms with Crippen molar-refractivity contribution in [2.75, 3.05) is 4.90 Å². The Morgan fingerprint density at radius 3 is 2.25 bits per heavy atom. The van der Waals surface area contributed by atoms with E-state index in [0.29, 0.717) is 11.3 Å². The highest BCUT2D eigenvalue weighted by atomic mass is 35.5. The van der Waals surface area contributed by atoms with Crippen LogP contribution in [0.1, 0.15) is 50.7 Å². The van der Waals surface area contributed by atoms with E-state index in [2.05, 4.69) is 0 Å². The summed E-state index contributed by atoms with van der Waals surface area (Å²) in [5.41, 5.74) is 0.967. The summed E-state index contributed by atoms with van der Waals surface area (Å²) in [6, 6.07) is 18.9. The Morgan fingerprint density at radius 2 is 1.60 bits per heavy atom. The molecule has 0 radical (unpaired) electrons. The number of hydrogen-bond acceptors (Lipinski definition) is 6. The van der Waals surface area contributed by atoms with Gasteiger partial charge >= 0.3 is 0 Å². The molecule has 0 unspecified atom stereocenters. The molecule has 1 saturated carbocycles. The van der Waals surface area contributed by atoms with Crippen LogP contribution in [0.2, 0.25) is 0 Å². The SMILES string of the molecule is CC(C)(C)N1C(=O)[C@H]2[C@H](CC=C3[C@H]2C[C@@]2(Cl)C(=O)N(c4ccc(F)cc4)C(=O)[C@@]2(Cl)[C@H]3c2ccc(OCc3ccccc3)cc2O)C1=O. The zero-order chi connectivity index (χ0) is 34.3. The summed E-state index contributed by atoms with van der Waals surface area (Å²) in [7, 11) is 0. The van der Waals surface area contributed by atoms with E-state index >= 15 is 0 Å². The summed E-state index contributed by atoms with van der Waals surface area (Å²) < 4.78 is 19.8. The smallest absolute Gasteiger partial charge is 0.258 e. The fourth-order valence-corrected chi connectivity index (χ4v) is 8.93. The minimum Gasteiger partial charge on any atom is -0.508 e. The number of aromatic hydroxyl groups is 1. The fourth-order valence-electron chi connectivity index (χ4n) is 8.00. The molecule has 6 atom stereocenters. The predicted octanol–water partition coefficient (Wildman–Crippen LogP) is 6.47. The van der Waals surface area contributed by atoms with Gasteiger partial charge in [0.25, 0.3) is 11.8 Å². The van der Waals surface area contributed by atoms with Crippen molar-refractivity contribution in [2.45, 2.75) is 61.4 Å².